The normalized spacial score (nSPS) is 31.8. The summed E-state index contributed by atoms with van der Waals surface area (Å²) in [5, 5.41) is 0. The summed E-state index contributed by atoms with van der Waals surface area (Å²) < 4.78 is 10.5. The van der Waals surface area contributed by atoms with Crippen molar-refractivity contribution in [1.82, 2.24) is 0 Å². The van der Waals surface area contributed by atoms with Gasteiger partial charge in [-0.15, -0.1) is 0 Å². The first-order valence-corrected chi connectivity index (χ1v) is 3.96. The average Bonchev–Trinajstić information content (AvgIpc) is 1.87. The Balaban J connectivity index is 2.20. The Kier molecular flexibility index (Phi) is 2.69. The van der Waals surface area contributed by atoms with E-state index >= 15 is 0 Å². The molecule has 0 amide bonds. The van der Waals surface area contributed by atoms with Gasteiger partial charge in [0.15, 0.2) is 0 Å². The largest absolute Gasteiger partial charge is 0.385 e. The maximum absolute atomic E-state index is 5.49. The molecule has 1 rings (SSSR count). The lowest BCUT2D eigenvalue weighted by atomic mass is 9.89. The number of rotatable bonds is 4. The fourth-order valence-electron chi connectivity index (χ4n) is 1.33. The molecule has 2 heteroatoms. The summed E-state index contributed by atoms with van der Waals surface area (Å²) in [4.78, 5) is 0. The second-order valence-electron chi connectivity index (χ2n) is 2.88. The van der Waals surface area contributed by atoms with E-state index in [0.29, 0.717) is 0 Å². The Bertz CT molecular complexity index is 91.9. The first kappa shape index (κ1) is 8.02. The molecule has 0 saturated carbocycles. The van der Waals surface area contributed by atoms with E-state index in [9.17, 15) is 0 Å². The number of ether oxygens (including phenoxy) is 2. The fourth-order valence-corrected chi connectivity index (χ4v) is 1.33. The highest BCUT2D eigenvalue weighted by atomic mass is 16.5. The lowest BCUT2D eigenvalue weighted by molar-refractivity contribution is -0.159. The molecule has 1 aliphatic heterocycles. The molecular formula is C8H16O2. The molecule has 0 aromatic rings. The molecule has 1 fully saturated rings. The Morgan fingerprint density at radius 3 is 2.60 bits per heavy atom. The number of hydrogen-bond acceptors (Lipinski definition) is 2. The smallest absolute Gasteiger partial charge is 0.0723 e. The molecule has 0 N–H and O–H groups in total. The van der Waals surface area contributed by atoms with Gasteiger partial charge < -0.3 is 9.47 Å². The summed E-state index contributed by atoms with van der Waals surface area (Å²) >= 11 is 0. The van der Waals surface area contributed by atoms with Crippen LogP contribution in [0.3, 0.4) is 0 Å². The number of methoxy groups -OCH3 is 1. The molecule has 2 nitrogen and oxygen atoms in total. The summed E-state index contributed by atoms with van der Waals surface area (Å²) in [6.07, 6.45) is 3.39. The van der Waals surface area contributed by atoms with Crippen molar-refractivity contribution in [3.05, 3.63) is 0 Å². The molecule has 60 valence electrons. The van der Waals surface area contributed by atoms with Crippen LogP contribution < -0.4 is 0 Å². The van der Waals surface area contributed by atoms with Crippen LogP contribution in [-0.4, -0.2) is 25.9 Å². The van der Waals surface area contributed by atoms with E-state index in [4.69, 9.17) is 9.47 Å². The van der Waals surface area contributed by atoms with Crippen LogP contribution in [0.15, 0.2) is 0 Å². The second-order valence-corrected chi connectivity index (χ2v) is 2.88. The van der Waals surface area contributed by atoms with Gasteiger partial charge in [-0.3, -0.25) is 0 Å². The summed E-state index contributed by atoms with van der Waals surface area (Å²) in [5.41, 5.74) is 0.190. The van der Waals surface area contributed by atoms with Crippen molar-refractivity contribution < 1.29 is 9.47 Å². The third-order valence-corrected chi connectivity index (χ3v) is 2.37. The quantitative estimate of drug-likeness (QED) is 0.596. The van der Waals surface area contributed by atoms with E-state index in [2.05, 4.69) is 6.92 Å². The van der Waals surface area contributed by atoms with Crippen molar-refractivity contribution in [3.63, 3.8) is 0 Å². The zero-order chi connectivity index (χ0) is 7.45. The molecule has 0 radical (unpaired) electrons. The predicted molar refractivity (Wildman–Crippen MR) is 40.1 cm³/mol. The van der Waals surface area contributed by atoms with E-state index in [1.165, 1.54) is 6.42 Å². The summed E-state index contributed by atoms with van der Waals surface area (Å²) in [5.74, 6) is 0. The average molecular weight is 144 g/mol. The highest BCUT2D eigenvalue weighted by Gasteiger charge is 2.35. The Morgan fingerprint density at radius 1 is 1.60 bits per heavy atom. The van der Waals surface area contributed by atoms with Gasteiger partial charge in [-0.2, -0.15) is 0 Å². The maximum atomic E-state index is 5.49. The third-order valence-electron chi connectivity index (χ3n) is 2.37. The zero-order valence-corrected chi connectivity index (χ0v) is 6.85. The van der Waals surface area contributed by atoms with Gasteiger partial charge in [-0.05, 0) is 19.3 Å². The first-order valence-electron chi connectivity index (χ1n) is 3.96. The van der Waals surface area contributed by atoms with Crippen molar-refractivity contribution in [2.45, 2.75) is 31.8 Å². The van der Waals surface area contributed by atoms with Gasteiger partial charge in [0.2, 0.25) is 0 Å². The molecule has 1 heterocycles. The second kappa shape index (κ2) is 3.35. The van der Waals surface area contributed by atoms with Gasteiger partial charge in [-0.1, -0.05) is 6.92 Å². The van der Waals surface area contributed by atoms with E-state index in [1.807, 2.05) is 0 Å². The monoisotopic (exact) mass is 144 g/mol. The predicted octanol–water partition coefficient (Wildman–Crippen LogP) is 1.59. The standard InChI is InChI=1S/C8H16O2/c1-3-8(4-6-9-2)5-7-10-8/h3-7H2,1-2H3. The van der Waals surface area contributed by atoms with E-state index in [-0.39, 0.29) is 5.60 Å². The molecule has 1 unspecified atom stereocenters. The topological polar surface area (TPSA) is 18.5 Å². The molecule has 1 saturated heterocycles. The molecule has 1 aliphatic rings. The summed E-state index contributed by atoms with van der Waals surface area (Å²) in [7, 11) is 1.74. The minimum Gasteiger partial charge on any atom is -0.385 e. The molecule has 0 aliphatic carbocycles. The van der Waals surface area contributed by atoms with Gasteiger partial charge in [0, 0.05) is 13.7 Å². The fraction of sp³-hybridized carbons (Fsp3) is 1.00. The molecular weight excluding hydrogens is 128 g/mol. The maximum Gasteiger partial charge on any atom is 0.0723 e. The summed E-state index contributed by atoms with van der Waals surface area (Å²) in [6.45, 7) is 3.94. The van der Waals surface area contributed by atoms with Crippen LogP contribution in [0.1, 0.15) is 26.2 Å². The van der Waals surface area contributed by atoms with Crippen molar-refractivity contribution in [3.8, 4) is 0 Å². The van der Waals surface area contributed by atoms with Crippen LogP contribution in [0.2, 0.25) is 0 Å². The van der Waals surface area contributed by atoms with Gasteiger partial charge in [0.25, 0.3) is 0 Å². The van der Waals surface area contributed by atoms with Crippen molar-refractivity contribution in [2.24, 2.45) is 0 Å². The highest BCUT2D eigenvalue weighted by molar-refractivity contribution is 4.85. The highest BCUT2D eigenvalue weighted by Crippen LogP contribution is 2.32. The van der Waals surface area contributed by atoms with Gasteiger partial charge >= 0.3 is 0 Å². The molecule has 0 aromatic carbocycles. The van der Waals surface area contributed by atoms with Gasteiger partial charge in [-0.25, -0.2) is 0 Å². The van der Waals surface area contributed by atoms with Crippen molar-refractivity contribution in [1.29, 1.82) is 0 Å². The lowest BCUT2D eigenvalue weighted by Crippen LogP contribution is -2.43. The van der Waals surface area contributed by atoms with Crippen LogP contribution in [0, 0.1) is 0 Å². The van der Waals surface area contributed by atoms with Crippen LogP contribution in [0.5, 0.6) is 0 Å². The van der Waals surface area contributed by atoms with Crippen LogP contribution in [-0.2, 0) is 9.47 Å². The van der Waals surface area contributed by atoms with Crippen LogP contribution in [0.25, 0.3) is 0 Å². The molecule has 10 heavy (non-hydrogen) atoms. The van der Waals surface area contributed by atoms with Crippen molar-refractivity contribution >= 4 is 0 Å². The first-order chi connectivity index (χ1) is 4.83. The third kappa shape index (κ3) is 1.50. The minimum atomic E-state index is 0.190. The molecule has 0 bridgehead atoms. The summed E-state index contributed by atoms with van der Waals surface area (Å²) in [6, 6.07) is 0. The lowest BCUT2D eigenvalue weighted by Gasteiger charge is -2.41. The Hall–Kier alpha value is -0.0800. The van der Waals surface area contributed by atoms with Gasteiger partial charge in [0.1, 0.15) is 0 Å². The van der Waals surface area contributed by atoms with Crippen LogP contribution >= 0.6 is 0 Å². The zero-order valence-electron chi connectivity index (χ0n) is 6.85. The van der Waals surface area contributed by atoms with Gasteiger partial charge in [0.05, 0.1) is 12.2 Å². The Labute approximate surface area is 62.5 Å². The van der Waals surface area contributed by atoms with Crippen molar-refractivity contribution in [2.75, 3.05) is 20.3 Å². The molecule has 0 spiro atoms. The van der Waals surface area contributed by atoms with E-state index in [1.54, 1.807) is 7.11 Å². The molecule has 0 aromatic heterocycles. The Morgan fingerprint density at radius 2 is 2.30 bits per heavy atom. The SMILES string of the molecule is CCC1(CCOC)CCO1. The molecule has 1 atom stereocenters. The minimum absolute atomic E-state index is 0.190. The van der Waals surface area contributed by atoms with E-state index < -0.39 is 0 Å². The van der Waals surface area contributed by atoms with E-state index in [0.717, 1.165) is 26.1 Å². The van der Waals surface area contributed by atoms with Crippen LogP contribution in [0.4, 0.5) is 0 Å². The number of hydrogen-bond donors (Lipinski definition) is 0.